The van der Waals surface area contributed by atoms with Gasteiger partial charge in [-0.25, -0.2) is 0 Å². The summed E-state index contributed by atoms with van der Waals surface area (Å²) in [5, 5.41) is 0. The molecule has 2 unspecified atom stereocenters. The van der Waals surface area contributed by atoms with Crippen LogP contribution in [0.15, 0.2) is 30.3 Å². The number of primary amides is 1. The summed E-state index contributed by atoms with van der Waals surface area (Å²) < 4.78 is 0. The lowest BCUT2D eigenvalue weighted by Gasteiger charge is -2.48. The van der Waals surface area contributed by atoms with E-state index < -0.39 is 5.91 Å². The molecule has 1 saturated heterocycles. The lowest BCUT2D eigenvalue weighted by Crippen LogP contribution is -2.64. The minimum Gasteiger partial charge on any atom is -0.368 e. The van der Waals surface area contributed by atoms with E-state index in [9.17, 15) is 14.4 Å². The summed E-state index contributed by atoms with van der Waals surface area (Å²) in [6.45, 7) is 7.77. The molecule has 1 saturated carbocycles. The zero-order valence-electron chi connectivity index (χ0n) is 21.8. The van der Waals surface area contributed by atoms with Gasteiger partial charge in [0.25, 0.3) is 0 Å². The minimum absolute atomic E-state index is 0.0606. The van der Waals surface area contributed by atoms with Crippen LogP contribution in [0.3, 0.4) is 0 Å². The number of amides is 3. The highest BCUT2D eigenvalue weighted by Gasteiger charge is 2.41. The Morgan fingerprint density at radius 3 is 2.34 bits per heavy atom. The lowest BCUT2D eigenvalue weighted by molar-refractivity contribution is -0.151. The van der Waals surface area contributed by atoms with Crippen LogP contribution < -0.4 is 5.73 Å². The first kappa shape index (κ1) is 27.2. The molecule has 2 atom stereocenters. The molecular formula is C28H44N4O3. The van der Waals surface area contributed by atoms with Gasteiger partial charge in [-0.2, -0.15) is 0 Å². The van der Waals surface area contributed by atoms with Crippen LogP contribution in [0.2, 0.25) is 0 Å². The second kappa shape index (κ2) is 13.1. The predicted molar refractivity (Wildman–Crippen MR) is 139 cm³/mol. The van der Waals surface area contributed by atoms with Crippen LogP contribution in [-0.4, -0.2) is 76.7 Å². The van der Waals surface area contributed by atoms with Crippen LogP contribution in [0, 0.1) is 5.92 Å². The highest BCUT2D eigenvalue weighted by atomic mass is 16.2. The summed E-state index contributed by atoms with van der Waals surface area (Å²) in [5.41, 5.74) is 6.68. The number of piperazine rings is 1. The van der Waals surface area contributed by atoms with E-state index in [-0.39, 0.29) is 48.8 Å². The molecule has 1 aliphatic heterocycles. The van der Waals surface area contributed by atoms with E-state index in [0.717, 1.165) is 32.1 Å². The molecule has 1 aliphatic carbocycles. The first-order valence-electron chi connectivity index (χ1n) is 13.4. The van der Waals surface area contributed by atoms with Gasteiger partial charge in [0.2, 0.25) is 17.7 Å². The third-order valence-corrected chi connectivity index (χ3v) is 7.48. The number of nitrogens with zero attached hydrogens (tertiary/aromatic N) is 3. The first-order valence-corrected chi connectivity index (χ1v) is 13.4. The third kappa shape index (κ3) is 7.79. The van der Waals surface area contributed by atoms with E-state index in [1.54, 1.807) is 4.90 Å². The molecule has 3 rings (SSSR count). The summed E-state index contributed by atoms with van der Waals surface area (Å²) in [7, 11) is 0. The smallest absolute Gasteiger partial charge is 0.239 e. The maximum absolute atomic E-state index is 13.5. The lowest BCUT2D eigenvalue weighted by atomic mass is 9.97. The number of carbonyl (C=O) groups excluding carboxylic acids is 3. The van der Waals surface area contributed by atoms with Crippen molar-refractivity contribution >= 4 is 17.7 Å². The molecule has 0 spiro atoms. The molecule has 1 aromatic rings. The molecule has 7 nitrogen and oxygen atoms in total. The van der Waals surface area contributed by atoms with Gasteiger partial charge in [0.1, 0.15) is 0 Å². The molecule has 0 radical (unpaired) electrons. The monoisotopic (exact) mass is 484 g/mol. The molecule has 194 valence electrons. The van der Waals surface area contributed by atoms with Crippen molar-refractivity contribution in [3.63, 3.8) is 0 Å². The number of hydrogen-bond donors (Lipinski definition) is 1. The third-order valence-electron chi connectivity index (χ3n) is 7.48. The maximum atomic E-state index is 13.5. The molecule has 35 heavy (non-hydrogen) atoms. The van der Waals surface area contributed by atoms with Gasteiger partial charge in [-0.3, -0.25) is 19.3 Å². The molecule has 1 heterocycles. The Bertz CT molecular complexity index is 836. The number of hydrogen-bond acceptors (Lipinski definition) is 4. The highest BCUT2D eigenvalue weighted by Crippen LogP contribution is 2.28. The van der Waals surface area contributed by atoms with Crippen molar-refractivity contribution in [1.82, 2.24) is 14.7 Å². The zero-order chi connectivity index (χ0) is 25.4. The largest absolute Gasteiger partial charge is 0.368 e. The Morgan fingerprint density at radius 2 is 1.74 bits per heavy atom. The van der Waals surface area contributed by atoms with E-state index >= 15 is 0 Å². The average Bonchev–Trinajstić information content (AvgIpc) is 3.10. The van der Waals surface area contributed by atoms with Crippen molar-refractivity contribution in [1.29, 1.82) is 0 Å². The number of rotatable bonds is 10. The van der Waals surface area contributed by atoms with Gasteiger partial charge in [0, 0.05) is 38.1 Å². The summed E-state index contributed by atoms with van der Waals surface area (Å²) in [5.74, 6) is -0.131. The van der Waals surface area contributed by atoms with Gasteiger partial charge in [-0.1, -0.05) is 69.9 Å². The number of benzene rings is 1. The first-order chi connectivity index (χ1) is 16.8. The van der Waals surface area contributed by atoms with E-state index in [2.05, 4.69) is 21.9 Å². The molecule has 1 aromatic carbocycles. The molecule has 3 amide bonds. The average molecular weight is 485 g/mol. The van der Waals surface area contributed by atoms with Crippen molar-refractivity contribution in [3.05, 3.63) is 35.9 Å². The Labute approximate surface area is 211 Å². The molecule has 0 bridgehead atoms. The fourth-order valence-corrected chi connectivity index (χ4v) is 5.69. The van der Waals surface area contributed by atoms with Crippen molar-refractivity contribution in [3.8, 4) is 0 Å². The van der Waals surface area contributed by atoms with Gasteiger partial charge in [-0.05, 0) is 37.7 Å². The second-order valence-corrected chi connectivity index (χ2v) is 10.8. The molecule has 0 aromatic heterocycles. The normalized spacial score (nSPS) is 22.3. The van der Waals surface area contributed by atoms with Crippen LogP contribution in [-0.2, 0) is 20.8 Å². The van der Waals surface area contributed by atoms with Gasteiger partial charge < -0.3 is 15.5 Å². The van der Waals surface area contributed by atoms with Gasteiger partial charge in [0.15, 0.2) is 0 Å². The van der Waals surface area contributed by atoms with E-state index in [0.29, 0.717) is 19.6 Å². The molecule has 7 heteroatoms. The Morgan fingerprint density at radius 1 is 1.09 bits per heavy atom. The molecule has 2 fully saturated rings. The Balaban J connectivity index is 1.80. The summed E-state index contributed by atoms with van der Waals surface area (Å²) >= 11 is 0. The van der Waals surface area contributed by atoms with Gasteiger partial charge in [-0.15, -0.1) is 0 Å². The van der Waals surface area contributed by atoms with Crippen LogP contribution in [0.4, 0.5) is 0 Å². The number of nitrogens with two attached hydrogens (primary N) is 1. The van der Waals surface area contributed by atoms with E-state index in [1.807, 2.05) is 39.0 Å². The van der Waals surface area contributed by atoms with Gasteiger partial charge >= 0.3 is 0 Å². The zero-order valence-corrected chi connectivity index (χ0v) is 21.8. The SMILES string of the molecule is CC(C)CN(CC(N)=O)C(=O)CC1CN(C2CCCCCC2)C(=O)C(C)N1CCc1ccccc1. The van der Waals surface area contributed by atoms with Crippen LogP contribution in [0.1, 0.15) is 71.3 Å². The standard InChI is InChI=1S/C28H44N4O3/c1-21(2)18-30(20-26(29)33)27(34)17-25-19-32(24-13-9-4-5-10-14-24)28(35)22(3)31(25)16-15-23-11-7-6-8-12-23/h6-8,11-12,21-22,24-25H,4-5,9-10,13-20H2,1-3H3,(H2,29,33). The van der Waals surface area contributed by atoms with Crippen LogP contribution in [0.25, 0.3) is 0 Å². The molecule has 2 aliphatic rings. The summed E-state index contributed by atoms with van der Waals surface area (Å²) in [6, 6.07) is 10.2. The quantitative estimate of drug-likeness (QED) is 0.517. The Kier molecular flexibility index (Phi) is 10.1. The fourth-order valence-electron chi connectivity index (χ4n) is 5.69. The number of carbonyl (C=O) groups is 3. The van der Waals surface area contributed by atoms with E-state index in [1.165, 1.54) is 18.4 Å². The van der Waals surface area contributed by atoms with Crippen molar-refractivity contribution in [2.75, 3.05) is 26.2 Å². The van der Waals surface area contributed by atoms with Gasteiger partial charge in [0.05, 0.1) is 12.6 Å². The topological polar surface area (TPSA) is 87.0 Å². The maximum Gasteiger partial charge on any atom is 0.239 e. The highest BCUT2D eigenvalue weighted by molar-refractivity contribution is 5.85. The minimum atomic E-state index is -0.493. The molecule has 2 N–H and O–H groups in total. The van der Waals surface area contributed by atoms with Crippen LogP contribution in [0.5, 0.6) is 0 Å². The Hall–Kier alpha value is -2.41. The molecular weight excluding hydrogens is 440 g/mol. The van der Waals surface area contributed by atoms with E-state index in [4.69, 9.17) is 5.73 Å². The van der Waals surface area contributed by atoms with Crippen molar-refractivity contribution in [2.24, 2.45) is 11.7 Å². The van der Waals surface area contributed by atoms with Crippen molar-refractivity contribution in [2.45, 2.75) is 90.3 Å². The predicted octanol–water partition coefficient (Wildman–Crippen LogP) is 3.21. The fraction of sp³-hybridized carbons (Fsp3) is 0.679. The summed E-state index contributed by atoms with van der Waals surface area (Å²) in [6.07, 6.45) is 7.98. The summed E-state index contributed by atoms with van der Waals surface area (Å²) in [4.78, 5) is 44.5. The second-order valence-electron chi connectivity index (χ2n) is 10.8. The van der Waals surface area contributed by atoms with Crippen molar-refractivity contribution < 1.29 is 14.4 Å². The van der Waals surface area contributed by atoms with Crippen LogP contribution >= 0.6 is 0 Å².